The Kier molecular flexibility index (Phi) is 5.63. The molecule has 0 bridgehead atoms. The Labute approximate surface area is 162 Å². The van der Waals surface area contributed by atoms with Crippen LogP contribution in [0.15, 0.2) is 34.8 Å². The van der Waals surface area contributed by atoms with Crippen LogP contribution in [-0.2, 0) is 7.05 Å². The highest BCUT2D eigenvalue weighted by atomic mass is 79.9. The first-order valence-corrected chi connectivity index (χ1v) is 9.59. The van der Waals surface area contributed by atoms with E-state index in [0.717, 1.165) is 34.5 Å². The Hall–Kier alpha value is -1.92. The van der Waals surface area contributed by atoms with Gasteiger partial charge < -0.3 is 9.47 Å². The van der Waals surface area contributed by atoms with Gasteiger partial charge in [-0.2, -0.15) is 0 Å². The molecule has 3 rings (SSSR count). The van der Waals surface area contributed by atoms with E-state index in [-0.39, 0.29) is 11.7 Å². The van der Waals surface area contributed by atoms with Gasteiger partial charge in [0.15, 0.2) is 5.78 Å². The van der Waals surface area contributed by atoms with E-state index in [4.69, 9.17) is 0 Å². The molecule has 0 atom stereocenters. The molecule has 5 nitrogen and oxygen atoms in total. The van der Waals surface area contributed by atoms with E-state index in [2.05, 4.69) is 20.8 Å². The van der Waals surface area contributed by atoms with Crippen molar-refractivity contribution in [2.24, 2.45) is 7.05 Å². The van der Waals surface area contributed by atoms with Crippen LogP contribution in [0, 0.1) is 13.8 Å². The predicted octanol–water partition coefficient (Wildman–Crippen LogP) is 3.05. The molecule has 26 heavy (non-hydrogen) atoms. The number of Topliss-reactive ketones (excluding diaryl/α,β-unsaturated/α-hetero) is 1. The van der Waals surface area contributed by atoms with E-state index in [0.29, 0.717) is 25.2 Å². The second-order valence-electron chi connectivity index (χ2n) is 6.85. The number of hydrogen-bond donors (Lipinski definition) is 0. The fourth-order valence-corrected chi connectivity index (χ4v) is 3.74. The summed E-state index contributed by atoms with van der Waals surface area (Å²) in [7, 11) is 1.98. The third kappa shape index (κ3) is 3.91. The topological polar surface area (TPSA) is 45.6 Å². The average molecular weight is 418 g/mol. The van der Waals surface area contributed by atoms with E-state index < -0.39 is 0 Å². The number of carbonyl (C=O) groups is 2. The van der Waals surface area contributed by atoms with Gasteiger partial charge in [-0.1, -0.05) is 22.0 Å². The quantitative estimate of drug-likeness (QED) is 0.718. The van der Waals surface area contributed by atoms with Crippen LogP contribution in [0.1, 0.15) is 32.1 Å². The number of halogens is 1. The highest BCUT2D eigenvalue weighted by Crippen LogP contribution is 2.17. The highest BCUT2D eigenvalue weighted by Gasteiger charge is 2.24. The van der Waals surface area contributed by atoms with Crippen LogP contribution in [0.25, 0.3) is 0 Å². The molecule has 0 N–H and O–H groups in total. The van der Waals surface area contributed by atoms with Gasteiger partial charge in [0.2, 0.25) is 0 Å². The lowest BCUT2D eigenvalue weighted by atomic mass is 10.1. The summed E-state index contributed by atoms with van der Waals surface area (Å²) < 4.78 is 2.95. The van der Waals surface area contributed by atoms with Crippen molar-refractivity contribution < 1.29 is 9.59 Å². The molecule has 1 aromatic carbocycles. The molecule has 2 aromatic rings. The van der Waals surface area contributed by atoms with Gasteiger partial charge in [-0.3, -0.25) is 14.5 Å². The van der Waals surface area contributed by atoms with Gasteiger partial charge in [-0.25, -0.2) is 0 Å². The van der Waals surface area contributed by atoms with Gasteiger partial charge in [-0.15, -0.1) is 0 Å². The van der Waals surface area contributed by atoms with Gasteiger partial charge in [-0.05, 0) is 38.1 Å². The smallest absolute Gasteiger partial charge is 0.253 e. The first kappa shape index (κ1) is 18.9. The molecule has 0 unspecified atom stereocenters. The maximum absolute atomic E-state index is 12.6. The number of benzene rings is 1. The molecular formula is C20H24BrN3O2. The summed E-state index contributed by atoms with van der Waals surface area (Å²) in [6, 6.07) is 9.43. The van der Waals surface area contributed by atoms with Crippen LogP contribution in [0.5, 0.6) is 0 Å². The van der Waals surface area contributed by atoms with Crippen molar-refractivity contribution >= 4 is 27.6 Å². The molecule has 6 heteroatoms. The second kappa shape index (κ2) is 7.76. The van der Waals surface area contributed by atoms with Crippen molar-refractivity contribution in [3.05, 3.63) is 57.3 Å². The monoisotopic (exact) mass is 417 g/mol. The maximum Gasteiger partial charge on any atom is 0.253 e. The third-order valence-corrected chi connectivity index (χ3v) is 5.67. The van der Waals surface area contributed by atoms with E-state index in [1.54, 1.807) is 0 Å². The zero-order chi connectivity index (χ0) is 18.8. The average Bonchev–Trinajstić information content (AvgIpc) is 2.89. The first-order chi connectivity index (χ1) is 12.4. The lowest BCUT2D eigenvalue weighted by Gasteiger charge is -2.34. The number of piperazine rings is 1. The molecule has 1 fully saturated rings. The van der Waals surface area contributed by atoms with Gasteiger partial charge in [0, 0.05) is 60.2 Å². The molecule has 0 radical (unpaired) electrons. The molecule has 0 aliphatic carbocycles. The predicted molar refractivity (Wildman–Crippen MR) is 106 cm³/mol. The summed E-state index contributed by atoms with van der Waals surface area (Å²) in [4.78, 5) is 29.2. The number of hydrogen-bond acceptors (Lipinski definition) is 3. The number of ketones is 1. The van der Waals surface area contributed by atoms with Crippen molar-refractivity contribution in [3.8, 4) is 0 Å². The minimum absolute atomic E-state index is 0.0480. The number of aryl methyl sites for hydroxylation is 1. The largest absolute Gasteiger partial charge is 0.351 e. The third-order valence-electron chi connectivity index (χ3n) is 5.17. The van der Waals surface area contributed by atoms with Crippen LogP contribution >= 0.6 is 15.9 Å². The molecule has 138 valence electrons. The van der Waals surface area contributed by atoms with E-state index in [9.17, 15) is 9.59 Å². The minimum Gasteiger partial charge on any atom is -0.351 e. The SMILES string of the molecule is Cc1cc(C(=O)CN2CCN(C(=O)c3cccc(Br)c3)CC2)c(C)n1C. The van der Waals surface area contributed by atoms with E-state index >= 15 is 0 Å². The number of rotatable bonds is 4. The Morgan fingerprint density at radius 3 is 2.35 bits per heavy atom. The summed E-state index contributed by atoms with van der Waals surface area (Å²) in [6.45, 7) is 7.12. The molecular weight excluding hydrogens is 394 g/mol. The fraction of sp³-hybridized carbons (Fsp3) is 0.400. The van der Waals surface area contributed by atoms with Gasteiger partial charge >= 0.3 is 0 Å². The lowest BCUT2D eigenvalue weighted by Crippen LogP contribution is -2.49. The molecule has 2 heterocycles. The minimum atomic E-state index is 0.0480. The molecule has 1 saturated heterocycles. The summed E-state index contributed by atoms with van der Waals surface area (Å²) in [5.74, 6) is 0.199. The zero-order valence-electron chi connectivity index (χ0n) is 15.5. The van der Waals surface area contributed by atoms with Crippen molar-refractivity contribution in [1.29, 1.82) is 0 Å². The molecule has 1 aromatic heterocycles. The standard InChI is InChI=1S/C20H24BrN3O2/c1-14-11-18(15(2)22(14)3)19(25)13-23-7-9-24(10-8-23)20(26)16-5-4-6-17(21)12-16/h4-6,11-12H,7-10,13H2,1-3H3. The summed E-state index contributed by atoms with van der Waals surface area (Å²) in [5.41, 5.74) is 3.60. The van der Waals surface area contributed by atoms with Crippen molar-refractivity contribution in [2.45, 2.75) is 13.8 Å². The maximum atomic E-state index is 12.6. The summed E-state index contributed by atoms with van der Waals surface area (Å²) in [5, 5.41) is 0. The van der Waals surface area contributed by atoms with Crippen LogP contribution in [0.4, 0.5) is 0 Å². The first-order valence-electron chi connectivity index (χ1n) is 8.80. The zero-order valence-corrected chi connectivity index (χ0v) is 17.0. The molecule has 1 aliphatic heterocycles. The van der Waals surface area contributed by atoms with Crippen molar-refractivity contribution in [3.63, 3.8) is 0 Å². The Morgan fingerprint density at radius 2 is 1.77 bits per heavy atom. The Morgan fingerprint density at radius 1 is 1.08 bits per heavy atom. The fourth-order valence-electron chi connectivity index (χ4n) is 3.34. The van der Waals surface area contributed by atoms with Crippen LogP contribution in [0.3, 0.4) is 0 Å². The van der Waals surface area contributed by atoms with Crippen molar-refractivity contribution in [2.75, 3.05) is 32.7 Å². The Balaban J connectivity index is 1.57. The second-order valence-corrected chi connectivity index (χ2v) is 7.76. The number of nitrogens with zero attached hydrogens (tertiary/aromatic N) is 3. The molecule has 1 aliphatic rings. The van der Waals surface area contributed by atoms with Gasteiger partial charge in [0.05, 0.1) is 6.54 Å². The highest BCUT2D eigenvalue weighted by molar-refractivity contribution is 9.10. The van der Waals surface area contributed by atoms with Gasteiger partial charge in [0.1, 0.15) is 0 Å². The van der Waals surface area contributed by atoms with Gasteiger partial charge in [0.25, 0.3) is 5.91 Å². The summed E-state index contributed by atoms with van der Waals surface area (Å²) in [6.07, 6.45) is 0. The van der Waals surface area contributed by atoms with Crippen LogP contribution in [0.2, 0.25) is 0 Å². The molecule has 1 amide bonds. The summed E-state index contributed by atoms with van der Waals surface area (Å²) >= 11 is 3.41. The number of aromatic nitrogens is 1. The number of amides is 1. The Bertz CT molecular complexity index is 836. The molecule has 0 saturated carbocycles. The van der Waals surface area contributed by atoms with Crippen LogP contribution < -0.4 is 0 Å². The van der Waals surface area contributed by atoms with Crippen LogP contribution in [-0.4, -0.2) is 58.8 Å². The van der Waals surface area contributed by atoms with Crippen molar-refractivity contribution in [1.82, 2.24) is 14.4 Å². The lowest BCUT2D eigenvalue weighted by molar-refractivity contribution is 0.0624. The molecule has 0 spiro atoms. The van der Waals surface area contributed by atoms with E-state index in [1.165, 1.54) is 0 Å². The number of carbonyl (C=O) groups excluding carboxylic acids is 2. The van der Waals surface area contributed by atoms with E-state index in [1.807, 2.05) is 60.7 Å². The normalized spacial score (nSPS) is 15.3.